The van der Waals surface area contributed by atoms with Gasteiger partial charge in [0.2, 0.25) is 5.91 Å². The summed E-state index contributed by atoms with van der Waals surface area (Å²) in [5.74, 6) is -0.330. The highest BCUT2D eigenvalue weighted by atomic mass is 16.2. The van der Waals surface area contributed by atoms with Crippen LogP contribution in [-0.2, 0) is 11.3 Å². The van der Waals surface area contributed by atoms with E-state index in [1.54, 1.807) is 19.3 Å². The maximum absolute atomic E-state index is 12.1. The van der Waals surface area contributed by atoms with E-state index in [-0.39, 0.29) is 5.91 Å². The van der Waals surface area contributed by atoms with Crippen molar-refractivity contribution in [3.8, 4) is 0 Å². The van der Waals surface area contributed by atoms with Crippen LogP contribution in [0.25, 0.3) is 11.0 Å². The number of nitrogens with two attached hydrogens (primary N) is 1. The van der Waals surface area contributed by atoms with Crippen molar-refractivity contribution < 1.29 is 9.59 Å². The Bertz CT molecular complexity index is 918. The standard InChI is InChI=1S/C18H19N5O2/c1-12(21-18(19)25)17(24)22-14-6-4-5-13(9-14)10-23-11-20-15-7-2-3-8-16(15)23/h2-9,11-12H,10H2,1H3,(H,22,24)(H3,19,21,25). The van der Waals surface area contributed by atoms with Crippen LogP contribution in [0.3, 0.4) is 0 Å². The van der Waals surface area contributed by atoms with Crippen molar-refractivity contribution in [3.63, 3.8) is 0 Å². The van der Waals surface area contributed by atoms with Crippen molar-refractivity contribution in [1.29, 1.82) is 0 Å². The largest absolute Gasteiger partial charge is 0.352 e. The quantitative estimate of drug-likeness (QED) is 0.664. The molecule has 1 heterocycles. The Hall–Kier alpha value is -3.35. The zero-order chi connectivity index (χ0) is 17.8. The predicted molar refractivity (Wildman–Crippen MR) is 96.1 cm³/mol. The number of carbonyl (C=O) groups is 2. The van der Waals surface area contributed by atoms with E-state index in [1.807, 2.05) is 47.0 Å². The van der Waals surface area contributed by atoms with Crippen molar-refractivity contribution in [3.05, 3.63) is 60.4 Å². The molecule has 7 heteroatoms. The minimum absolute atomic E-state index is 0.330. The van der Waals surface area contributed by atoms with Gasteiger partial charge in [0.1, 0.15) is 6.04 Å². The Morgan fingerprint density at radius 3 is 2.80 bits per heavy atom. The molecule has 0 bridgehead atoms. The highest BCUT2D eigenvalue weighted by molar-refractivity contribution is 5.96. The van der Waals surface area contributed by atoms with Gasteiger partial charge in [-0.1, -0.05) is 24.3 Å². The Morgan fingerprint density at radius 2 is 2.00 bits per heavy atom. The van der Waals surface area contributed by atoms with Gasteiger partial charge < -0.3 is 20.9 Å². The number of fused-ring (bicyclic) bond motifs is 1. The van der Waals surface area contributed by atoms with Gasteiger partial charge in [0.05, 0.1) is 17.4 Å². The summed E-state index contributed by atoms with van der Waals surface area (Å²) in [7, 11) is 0. The van der Waals surface area contributed by atoms with E-state index >= 15 is 0 Å². The average Bonchev–Trinajstić information content (AvgIpc) is 2.98. The number of hydrogen-bond donors (Lipinski definition) is 3. The molecule has 25 heavy (non-hydrogen) atoms. The van der Waals surface area contributed by atoms with E-state index in [2.05, 4.69) is 15.6 Å². The molecule has 0 saturated carbocycles. The van der Waals surface area contributed by atoms with Crippen LogP contribution in [0.15, 0.2) is 54.9 Å². The number of hydrogen-bond acceptors (Lipinski definition) is 3. The Kier molecular flexibility index (Phi) is 4.65. The summed E-state index contributed by atoms with van der Waals surface area (Å²) < 4.78 is 2.05. The third-order valence-electron chi connectivity index (χ3n) is 3.83. The summed E-state index contributed by atoms with van der Waals surface area (Å²) in [6.45, 7) is 2.21. The molecule has 0 fully saturated rings. The second-order valence-electron chi connectivity index (χ2n) is 5.78. The maximum Gasteiger partial charge on any atom is 0.312 e. The molecule has 1 aromatic heterocycles. The van der Waals surface area contributed by atoms with Crippen molar-refractivity contribution in [2.75, 3.05) is 5.32 Å². The van der Waals surface area contributed by atoms with E-state index < -0.39 is 12.1 Å². The summed E-state index contributed by atoms with van der Waals surface area (Å²) >= 11 is 0. The molecule has 4 N–H and O–H groups in total. The van der Waals surface area contributed by atoms with Gasteiger partial charge in [-0.3, -0.25) is 4.79 Å². The van der Waals surface area contributed by atoms with Crippen molar-refractivity contribution in [2.24, 2.45) is 5.73 Å². The number of nitrogens with zero attached hydrogens (tertiary/aromatic N) is 2. The molecule has 128 valence electrons. The highest BCUT2D eigenvalue weighted by Crippen LogP contribution is 2.16. The first-order valence-corrected chi connectivity index (χ1v) is 7.88. The molecule has 0 spiro atoms. The van der Waals surface area contributed by atoms with E-state index in [0.29, 0.717) is 12.2 Å². The number of benzene rings is 2. The number of anilines is 1. The minimum atomic E-state index is -0.733. The predicted octanol–water partition coefficient (Wildman–Crippen LogP) is 2.08. The van der Waals surface area contributed by atoms with Crippen LogP contribution in [0, 0.1) is 0 Å². The van der Waals surface area contributed by atoms with Gasteiger partial charge in [-0.05, 0) is 36.8 Å². The lowest BCUT2D eigenvalue weighted by molar-refractivity contribution is -0.117. The number of imidazole rings is 1. The molecule has 0 saturated heterocycles. The van der Waals surface area contributed by atoms with Gasteiger partial charge in [0.15, 0.2) is 0 Å². The molecule has 7 nitrogen and oxygen atoms in total. The van der Waals surface area contributed by atoms with Crippen LogP contribution in [0.2, 0.25) is 0 Å². The topological polar surface area (TPSA) is 102 Å². The lowest BCUT2D eigenvalue weighted by Crippen LogP contribution is -2.44. The first-order valence-electron chi connectivity index (χ1n) is 7.88. The van der Waals surface area contributed by atoms with Crippen molar-refractivity contribution >= 4 is 28.7 Å². The molecular weight excluding hydrogens is 318 g/mol. The average molecular weight is 337 g/mol. The molecule has 1 atom stereocenters. The lowest BCUT2D eigenvalue weighted by Gasteiger charge is -2.13. The van der Waals surface area contributed by atoms with Gasteiger partial charge in [0, 0.05) is 12.2 Å². The number of urea groups is 1. The third-order valence-corrected chi connectivity index (χ3v) is 3.83. The number of carbonyl (C=O) groups excluding carboxylic acids is 2. The van der Waals surface area contributed by atoms with Crippen LogP contribution >= 0.6 is 0 Å². The number of primary amides is 1. The van der Waals surface area contributed by atoms with Crippen LogP contribution in [0.5, 0.6) is 0 Å². The summed E-state index contributed by atoms with van der Waals surface area (Å²) in [4.78, 5) is 27.3. The second kappa shape index (κ2) is 7.04. The Balaban J connectivity index is 1.73. The normalized spacial score (nSPS) is 11.9. The SMILES string of the molecule is CC(NC(N)=O)C(=O)Nc1cccc(Cn2cnc3ccccc32)c1. The number of rotatable bonds is 5. The Labute approximate surface area is 144 Å². The molecule has 0 aliphatic heterocycles. The van der Waals surface area contributed by atoms with Gasteiger partial charge in [0.25, 0.3) is 0 Å². The number of amides is 3. The molecule has 2 aromatic carbocycles. The molecule has 3 amide bonds. The first kappa shape index (κ1) is 16.5. The first-order chi connectivity index (χ1) is 12.0. The van der Waals surface area contributed by atoms with E-state index in [1.165, 1.54) is 0 Å². The van der Waals surface area contributed by atoms with Crippen LogP contribution in [-0.4, -0.2) is 27.5 Å². The molecule has 0 aliphatic carbocycles. The minimum Gasteiger partial charge on any atom is -0.352 e. The molecule has 0 aliphatic rings. The van der Waals surface area contributed by atoms with Crippen molar-refractivity contribution in [2.45, 2.75) is 19.5 Å². The molecule has 1 unspecified atom stereocenters. The summed E-state index contributed by atoms with van der Waals surface area (Å²) in [5, 5.41) is 5.12. The number of aromatic nitrogens is 2. The zero-order valence-electron chi connectivity index (χ0n) is 13.8. The number of para-hydroxylation sites is 2. The third kappa shape index (κ3) is 3.95. The fraction of sp³-hybridized carbons (Fsp3) is 0.167. The maximum atomic E-state index is 12.1. The second-order valence-corrected chi connectivity index (χ2v) is 5.78. The smallest absolute Gasteiger partial charge is 0.312 e. The van der Waals surface area contributed by atoms with Crippen LogP contribution < -0.4 is 16.4 Å². The monoisotopic (exact) mass is 337 g/mol. The van der Waals surface area contributed by atoms with E-state index in [4.69, 9.17) is 5.73 Å². The number of nitrogens with one attached hydrogen (secondary N) is 2. The molecule has 3 aromatic rings. The van der Waals surface area contributed by atoms with Gasteiger partial charge in [-0.25, -0.2) is 9.78 Å². The summed E-state index contributed by atoms with van der Waals surface area (Å²) in [6, 6.07) is 14.0. The zero-order valence-corrected chi connectivity index (χ0v) is 13.8. The lowest BCUT2D eigenvalue weighted by atomic mass is 10.2. The van der Waals surface area contributed by atoms with Crippen LogP contribution in [0.1, 0.15) is 12.5 Å². The van der Waals surface area contributed by atoms with Gasteiger partial charge in [-0.15, -0.1) is 0 Å². The fourth-order valence-electron chi connectivity index (χ4n) is 2.61. The molecule has 3 rings (SSSR count). The van der Waals surface area contributed by atoms with Crippen molar-refractivity contribution in [1.82, 2.24) is 14.9 Å². The van der Waals surface area contributed by atoms with E-state index in [0.717, 1.165) is 16.6 Å². The Morgan fingerprint density at radius 1 is 1.20 bits per heavy atom. The van der Waals surface area contributed by atoms with Crippen LogP contribution in [0.4, 0.5) is 10.5 Å². The van der Waals surface area contributed by atoms with Gasteiger partial charge >= 0.3 is 6.03 Å². The van der Waals surface area contributed by atoms with E-state index in [9.17, 15) is 9.59 Å². The molecule has 0 radical (unpaired) electrons. The fourth-order valence-corrected chi connectivity index (χ4v) is 2.61. The highest BCUT2D eigenvalue weighted by Gasteiger charge is 2.14. The summed E-state index contributed by atoms with van der Waals surface area (Å²) in [5.41, 5.74) is 8.71. The van der Waals surface area contributed by atoms with Gasteiger partial charge in [-0.2, -0.15) is 0 Å². The summed E-state index contributed by atoms with van der Waals surface area (Å²) in [6.07, 6.45) is 1.80. The molecular formula is C18H19N5O2.